The van der Waals surface area contributed by atoms with Crippen LogP contribution >= 0.6 is 15.9 Å². The number of rotatable bonds is 2. The average molecular weight is 258 g/mol. The summed E-state index contributed by atoms with van der Waals surface area (Å²) >= 11 is 3.49. The summed E-state index contributed by atoms with van der Waals surface area (Å²) in [4.78, 5) is 0. The first-order valence-electron chi connectivity index (χ1n) is 4.77. The number of alkyl halides is 1. The Labute approximate surface area is 91.6 Å². The number of hydrogen-bond donors (Lipinski definition) is 1. The van der Waals surface area contributed by atoms with E-state index in [1.807, 2.05) is 24.3 Å². The predicted octanol–water partition coefficient (Wildman–Crippen LogP) is 2.78. The maximum atomic E-state index is 12.9. The zero-order valence-electron chi connectivity index (χ0n) is 7.84. The molecule has 0 unspecified atom stereocenters. The second-order valence-corrected chi connectivity index (χ2v) is 4.82. The SMILES string of the molecule is NCC1(c2ccccc2Br)CC(F)C1. The summed E-state index contributed by atoms with van der Waals surface area (Å²) < 4.78 is 14.0. The molecule has 0 aliphatic heterocycles. The van der Waals surface area contributed by atoms with Gasteiger partial charge < -0.3 is 5.73 Å². The van der Waals surface area contributed by atoms with E-state index in [-0.39, 0.29) is 5.41 Å². The van der Waals surface area contributed by atoms with Gasteiger partial charge >= 0.3 is 0 Å². The molecule has 1 aromatic rings. The normalized spacial score (nSPS) is 31.2. The van der Waals surface area contributed by atoms with Gasteiger partial charge in [-0.3, -0.25) is 0 Å². The van der Waals surface area contributed by atoms with Gasteiger partial charge in [-0.15, -0.1) is 0 Å². The molecule has 1 aliphatic carbocycles. The monoisotopic (exact) mass is 257 g/mol. The standard InChI is InChI=1S/C11H13BrFN/c12-10-4-2-1-3-9(10)11(7-14)5-8(13)6-11/h1-4,8H,5-7,14H2. The second-order valence-electron chi connectivity index (χ2n) is 3.97. The molecule has 1 aliphatic rings. The molecule has 0 amide bonds. The van der Waals surface area contributed by atoms with Crippen LogP contribution in [0.15, 0.2) is 28.7 Å². The van der Waals surface area contributed by atoms with Crippen LogP contribution in [-0.4, -0.2) is 12.7 Å². The number of hydrogen-bond acceptors (Lipinski definition) is 1. The van der Waals surface area contributed by atoms with Gasteiger partial charge in [0.05, 0.1) is 0 Å². The van der Waals surface area contributed by atoms with Crippen LogP contribution < -0.4 is 5.73 Å². The van der Waals surface area contributed by atoms with E-state index >= 15 is 0 Å². The maximum Gasteiger partial charge on any atom is 0.102 e. The van der Waals surface area contributed by atoms with E-state index in [2.05, 4.69) is 15.9 Å². The van der Waals surface area contributed by atoms with Crippen LogP contribution in [0.5, 0.6) is 0 Å². The molecule has 1 saturated carbocycles. The molecule has 0 radical (unpaired) electrons. The number of halogens is 2. The van der Waals surface area contributed by atoms with E-state index in [0.717, 1.165) is 10.0 Å². The van der Waals surface area contributed by atoms with Crippen molar-refractivity contribution >= 4 is 15.9 Å². The van der Waals surface area contributed by atoms with Crippen LogP contribution in [0.2, 0.25) is 0 Å². The Morgan fingerprint density at radius 1 is 1.43 bits per heavy atom. The van der Waals surface area contributed by atoms with Gasteiger partial charge in [0.2, 0.25) is 0 Å². The van der Waals surface area contributed by atoms with E-state index in [1.165, 1.54) is 0 Å². The molecule has 0 atom stereocenters. The van der Waals surface area contributed by atoms with Crippen molar-refractivity contribution < 1.29 is 4.39 Å². The zero-order chi connectivity index (χ0) is 10.2. The molecular weight excluding hydrogens is 245 g/mol. The fraction of sp³-hybridized carbons (Fsp3) is 0.455. The summed E-state index contributed by atoms with van der Waals surface area (Å²) in [6.45, 7) is 0.524. The summed E-state index contributed by atoms with van der Waals surface area (Å²) in [5.74, 6) is 0. The molecule has 14 heavy (non-hydrogen) atoms. The van der Waals surface area contributed by atoms with Crippen LogP contribution in [0.4, 0.5) is 4.39 Å². The minimum Gasteiger partial charge on any atom is -0.330 e. The van der Waals surface area contributed by atoms with Crippen molar-refractivity contribution in [3.8, 4) is 0 Å². The molecule has 0 heterocycles. The molecule has 0 saturated heterocycles. The van der Waals surface area contributed by atoms with Gasteiger partial charge in [-0.2, -0.15) is 0 Å². The van der Waals surface area contributed by atoms with Crippen molar-refractivity contribution in [1.29, 1.82) is 0 Å². The molecule has 1 aromatic carbocycles. The molecule has 0 spiro atoms. The molecule has 1 nitrogen and oxygen atoms in total. The van der Waals surface area contributed by atoms with Crippen LogP contribution in [0.3, 0.4) is 0 Å². The lowest BCUT2D eigenvalue weighted by atomic mass is 9.63. The van der Waals surface area contributed by atoms with E-state index in [4.69, 9.17) is 5.73 Å². The minimum atomic E-state index is -0.675. The lowest BCUT2D eigenvalue weighted by molar-refractivity contribution is 0.0992. The summed E-state index contributed by atoms with van der Waals surface area (Å²) in [5, 5.41) is 0. The summed E-state index contributed by atoms with van der Waals surface area (Å²) in [5.41, 5.74) is 6.77. The van der Waals surface area contributed by atoms with Gasteiger partial charge in [-0.1, -0.05) is 34.1 Å². The molecule has 0 bridgehead atoms. The quantitative estimate of drug-likeness (QED) is 0.867. The first kappa shape index (κ1) is 10.1. The minimum absolute atomic E-state index is 0.125. The van der Waals surface area contributed by atoms with E-state index in [1.54, 1.807) is 0 Å². The highest BCUT2D eigenvalue weighted by atomic mass is 79.9. The number of nitrogens with two attached hydrogens (primary N) is 1. The fourth-order valence-electron chi connectivity index (χ4n) is 2.18. The van der Waals surface area contributed by atoms with Gasteiger partial charge in [0.1, 0.15) is 6.17 Å². The van der Waals surface area contributed by atoms with Gasteiger partial charge in [0, 0.05) is 16.4 Å². The Kier molecular flexibility index (Phi) is 2.62. The second kappa shape index (κ2) is 3.63. The van der Waals surface area contributed by atoms with Crippen molar-refractivity contribution in [3.63, 3.8) is 0 Å². The van der Waals surface area contributed by atoms with Crippen LogP contribution in [0, 0.1) is 0 Å². The third kappa shape index (κ3) is 1.48. The lowest BCUT2D eigenvalue weighted by Crippen LogP contribution is -2.48. The highest BCUT2D eigenvalue weighted by molar-refractivity contribution is 9.10. The Balaban J connectivity index is 2.34. The van der Waals surface area contributed by atoms with E-state index in [9.17, 15) is 4.39 Å². The predicted molar refractivity (Wildman–Crippen MR) is 59.0 cm³/mol. The molecule has 0 aromatic heterocycles. The highest BCUT2D eigenvalue weighted by Crippen LogP contribution is 2.46. The Hall–Kier alpha value is -0.410. The van der Waals surface area contributed by atoms with Crippen molar-refractivity contribution in [2.45, 2.75) is 24.4 Å². The lowest BCUT2D eigenvalue weighted by Gasteiger charge is -2.44. The number of benzene rings is 1. The Bertz CT molecular complexity index is 334. The van der Waals surface area contributed by atoms with Gasteiger partial charge in [0.25, 0.3) is 0 Å². The zero-order valence-corrected chi connectivity index (χ0v) is 9.43. The third-order valence-corrected chi connectivity index (χ3v) is 3.75. The summed E-state index contributed by atoms with van der Waals surface area (Å²) in [6, 6.07) is 7.95. The largest absolute Gasteiger partial charge is 0.330 e. The molecule has 2 rings (SSSR count). The highest BCUT2D eigenvalue weighted by Gasteiger charge is 2.45. The molecular formula is C11H13BrFN. The van der Waals surface area contributed by atoms with E-state index in [0.29, 0.717) is 19.4 Å². The van der Waals surface area contributed by atoms with Gasteiger partial charge in [0.15, 0.2) is 0 Å². The third-order valence-electron chi connectivity index (χ3n) is 3.06. The van der Waals surface area contributed by atoms with Crippen molar-refractivity contribution in [1.82, 2.24) is 0 Å². The van der Waals surface area contributed by atoms with Gasteiger partial charge in [-0.05, 0) is 24.5 Å². The topological polar surface area (TPSA) is 26.0 Å². The van der Waals surface area contributed by atoms with Crippen molar-refractivity contribution in [3.05, 3.63) is 34.3 Å². The molecule has 76 valence electrons. The van der Waals surface area contributed by atoms with Crippen molar-refractivity contribution in [2.24, 2.45) is 5.73 Å². The molecule has 2 N–H and O–H groups in total. The summed E-state index contributed by atoms with van der Waals surface area (Å²) in [7, 11) is 0. The van der Waals surface area contributed by atoms with Gasteiger partial charge in [-0.25, -0.2) is 4.39 Å². The summed E-state index contributed by atoms with van der Waals surface area (Å²) in [6.07, 6.45) is 0.448. The van der Waals surface area contributed by atoms with Crippen LogP contribution in [-0.2, 0) is 5.41 Å². The van der Waals surface area contributed by atoms with Crippen LogP contribution in [0.25, 0.3) is 0 Å². The van der Waals surface area contributed by atoms with Crippen LogP contribution in [0.1, 0.15) is 18.4 Å². The smallest absolute Gasteiger partial charge is 0.102 e. The van der Waals surface area contributed by atoms with E-state index < -0.39 is 6.17 Å². The first-order chi connectivity index (χ1) is 6.68. The first-order valence-corrected chi connectivity index (χ1v) is 5.56. The Morgan fingerprint density at radius 2 is 2.07 bits per heavy atom. The fourth-order valence-corrected chi connectivity index (χ4v) is 2.88. The maximum absolute atomic E-state index is 12.9. The van der Waals surface area contributed by atoms with Crippen molar-refractivity contribution in [2.75, 3.05) is 6.54 Å². The molecule has 1 fully saturated rings. The average Bonchev–Trinajstić information content (AvgIpc) is 2.14. The Morgan fingerprint density at radius 3 is 2.57 bits per heavy atom. The molecule has 3 heteroatoms.